The lowest BCUT2D eigenvalue weighted by molar-refractivity contribution is -0.137. The van der Waals surface area contributed by atoms with Gasteiger partial charge in [0.1, 0.15) is 10.7 Å². The van der Waals surface area contributed by atoms with Crippen LogP contribution in [0.3, 0.4) is 0 Å². The average molecular weight is 320 g/mol. The number of hydrogen-bond acceptors (Lipinski definition) is 4. The number of alkyl halides is 3. The van der Waals surface area contributed by atoms with Gasteiger partial charge in [-0.05, 0) is 18.4 Å². The molecule has 0 atom stereocenters. The first-order chi connectivity index (χ1) is 9.32. The SMILES string of the molecule is CSc1cccc(-c2nc(N)nc(Cl)c2C(F)(F)F)c1. The van der Waals surface area contributed by atoms with Gasteiger partial charge >= 0.3 is 6.18 Å². The van der Waals surface area contributed by atoms with Crippen molar-refractivity contribution in [1.82, 2.24) is 9.97 Å². The zero-order chi connectivity index (χ0) is 14.9. The fraction of sp³-hybridized carbons (Fsp3) is 0.167. The van der Waals surface area contributed by atoms with E-state index in [4.69, 9.17) is 17.3 Å². The zero-order valence-corrected chi connectivity index (χ0v) is 11.8. The van der Waals surface area contributed by atoms with Crippen molar-refractivity contribution in [2.24, 2.45) is 0 Å². The van der Waals surface area contributed by atoms with E-state index in [2.05, 4.69) is 9.97 Å². The van der Waals surface area contributed by atoms with E-state index in [0.29, 0.717) is 5.56 Å². The van der Waals surface area contributed by atoms with Crippen molar-refractivity contribution in [3.63, 3.8) is 0 Å². The number of thioether (sulfide) groups is 1. The fourth-order valence-corrected chi connectivity index (χ4v) is 2.42. The van der Waals surface area contributed by atoms with E-state index in [0.717, 1.165) is 4.90 Å². The Kier molecular flexibility index (Phi) is 4.10. The monoisotopic (exact) mass is 319 g/mol. The quantitative estimate of drug-likeness (QED) is 0.668. The largest absolute Gasteiger partial charge is 0.421 e. The smallest absolute Gasteiger partial charge is 0.368 e. The molecule has 0 saturated heterocycles. The Morgan fingerprint density at radius 2 is 1.95 bits per heavy atom. The minimum Gasteiger partial charge on any atom is -0.368 e. The summed E-state index contributed by atoms with van der Waals surface area (Å²) in [5, 5.41) is -0.699. The van der Waals surface area contributed by atoms with Crippen LogP contribution in [0.15, 0.2) is 29.2 Å². The van der Waals surface area contributed by atoms with Gasteiger partial charge in [0.05, 0.1) is 5.69 Å². The summed E-state index contributed by atoms with van der Waals surface area (Å²) in [7, 11) is 0. The van der Waals surface area contributed by atoms with E-state index >= 15 is 0 Å². The second kappa shape index (κ2) is 5.49. The molecule has 0 spiro atoms. The number of halogens is 4. The van der Waals surface area contributed by atoms with Crippen LogP contribution in [0, 0.1) is 0 Å². The highest BCUT2D eigenvalue weighted by Crippen LogP contribution is 2.40. The molecule has 2 rings (SSSR count). The number of nitrogen functional groups attached to an aromatic ring is 1. The Balaban J connectivity index is 2.72. The topological polar surface area (TPSA) is 51.8 Å². The van der Waals surface area contributed by atoms with Gasteiger partial charge in [0, 0.05) is 10.5 Å². The minimum atomic E-state index is -4.66. The number of nitrogens with two attached hydrogens (primary N) is 1. The standard InChI is InChI=1S/C12H9ClF3N3S/c1-20-7-4-2-3-6(5-7)9-8(12(14,15)16)10(13)19-11(17)18-9/h2-5H,1H3,(H2,17,18,19). The van der Waals surface area contributed by atoms with E-state index in [-0.39, 0.29) is 11.6 Å². The molecule has 0 aliphatic carbocycles. The molecule has 1 heterocycles. The number of anilines is 1. The first-order valence-electron chi connectivity index (χ1n) is 5.37. The van der Waals surface area contributed by atoms with Gasteiger partial charge in [-0.3, -0.25) is 0 Å². The number of aromatic nitrogens is 2. The van der Waals surface area contributed by atoms with E-state index in [1.807, 2.05) is 6.26 Å². The highest BCUT2D eigenvalue weighted by Gasteiger charge is 2.38. The Bertz CT molecular complexity index is 646. The Hall–Kier alpha value is -1.47. The van der Waals surface area contributed by atoms with Crippen molar-refractivity contribution in [2.45, 2.75) is 11.1 Å². The number of benzene rings is 1. The second-order valence-corrected chi connectivity index (χ2v) is 5.06. The summed E-state index contributed by atoms with van der Waals surface area (Å²) in [6, 6.07) is 6.55. The third kappa shape index (κ3) is 2.99. The van der Waals surface area contributed by atoms with Crippen LogP contribution in [0.4, 0.5) is 19.1 Å². The third-order valence-electron chi connectivity index (χ3n) is 2.51. The Labute approximate surface area is 122 Å². The Morgan fingerprint density at radius 1 is 1.25 bits per heavy atom. The van der Waals surface area contributed by atoms with Crippen LogP contribution in [0.1, 0.15) is 5.56 Å². The summed E-state index contributed by atoms with van der Waals surface area (Å²) in [4.78, 5) is 7.88. The zero-order valence-electron chi connectivity index (χ0n) is 10.2. The predicted molar refractivity (Wildman–Crippen MR) is 73.7 cm³/mol. The maximum Gasteiger partial charge on any atom is 0.421 e. The van der Waals surface area contributed by atoms with Crippen LogP contribution in [-0.2, 0) is 6.18 Å². The summed E-state index contributed by atoms with van der Waals surface area (Å²) in [5.41, 5.74) is 4.30. The normalized spacial score (nSPS) is 11.7. The van der Waals surface area contributed by atoms with Crippen LogP contribution in [0.25, 0.3) is 11.3 Å². The lowest BCUT2D eigenvalue weighted by Crippen LogP contribution is -2.12. The molecule has 0 amide bonds. The lowest BCUT2D eigenvalue weighted by atomic mass is 10.1. The van der Waals surface area contributed by atoms with Gasteiger partial charge in [0.15, 0.2) is 0 Å². The first-order valence-corrected chi connectivity index (χ1v) is 6.98. The molecule has 0 unspecified atom stereocenters. The molecular weight excluding hydrogens is 311 g/mol. The number of rotatable bonds is 2. The molecule has 8 heteroatoms. The van der Waals surface area contributed by atoms with Crippen molar-refractivity contribution >= 4 is 29.3 Å². The molecule has 106 valence electrons. The number of hydrogen-bond donors (Lipinski definition) is 1. The molecule has 2 N–H and O–H groups in total. The van der Waals surface area contributed by atoms with Crippen molar-refractivity contribution in [1.29, 1.82) is 0 Å². The van der Waals surface area contributed by atoms with Crippen molar-refractivity contribution in [2.75, 3.05) is 12.0 Å². The molecule has 0 saturated carbocycles. The van der Waals surface area contributed by atoms with Gasteiger partial charge < -0.3 is 5.73 Å². The highest BCUT2D eigenvalue weighted by atomic mass is 35.5. The van der Waals surface area contributed by atoms with E-state index in [9.17, 15) is 13.2 Å². The molecule has 0 aliphatic rings. The van der Waals surface area contributed by atoms with Crippen LogP contribution in [-0.4, -0.2) is 16.2 Å². The second-order valence-electron chi connectivity index (χ2n) is 3.83. The summed E-state index contributed by atoms with van der Waals surface area (Å²) in [6.07, 6.45) is -2.83. The summed E-state index contributed by atoms with van der Waals surface area (Å²) < 4.78 is 39.3. The minimum absolute atomic E-state index is 0.292. The first kappa shape index (κ1) is 14.9. The maximum atomic E-state index is 13.1. The molecule has 3 nitrogen and oxygen atoms in total. The molecule has 0 fully saturated rings. The fourth-order valence-electron chi connectivity index (χ4n) is 1.68. The van der Waals surface area contributed by atoms with Gasteiger partial charge in [-0.2, -0.15) is 13.2 Å². The highest BCUT2D eigenvalue weighted by molar-refractivity contribution is 7.98. The van der Waals surface area contributed by atoms with Crippen LogP contribution >= 0.6 is 23.4 Å². The number of nitrogens with zero attached hydrogens (tertiary/aromatic N) is 2. The van der Waals surface area contributed by atoms with E-state index < -0.39 is 16.9 Å². The molecular formula is C12H9ClF3N3S. The Morgan fingerprint density at radius 3 is 2.55 bits per heavy atom. The van der Waals surface area contributed by atoms with Crippen molar-refractivity contribution in [3.05, 3.63) is 35.0 Å². The lowest BCUT2D eigenvalue weighted by Gasteiger charge is -2.14. The molecule has 0 aliphatic heterocycles. The summed E-state index contributed by atoms with van der Waals surface area (Å²) >= 11 is 7.00. The molecule has 1 aromatic carbocycles. The predicted octanol–water partition coefficient (Wildman–Crippen LogP) is 4.12. The molecule has 0 radical (unpaired) electrons. The van der Waals surface area contributed by atoms with Gasteiger partial charge in [-0.25, -0.2) is 9.97 Å². The average Bonchev–Trinajstić information content (AvgIpc) is 2.36. The van der Waals surface area contributed by atoms with Crippen LogP contribution < -0.4 is 5.73 Å². The van der Waals surface area contributed by atoms with Crippen LogP contribution in [0.5, 0.6) is 0 Å². The summed E-state index contributed by atoms with van der Waals surface area (Å²) in [6.45, 7) is 0. The molecule has 1 aromatic heterocycles. The third-order valence-corrected chi connectivity index (χ3v) is 3.51. The maximum absolute atomic E-state index is 13.1. The van der Waals surface area contributed by atoms with Crippen LogP contribution in [0.2, 0.25) is 5.15 Å². The molecule has 0 bridgehead atoms. The van der Waals surface area contributed by atoms with Gasteiger partial charge in [-0.15, -0.1) is 11.8 Å². The van der Waals surface area contributed by atoms with Crippen molar-refractivity contribution < 1.29 is 13.2 Å². The summed E-state index contributed by atoms with van der Waals surface area (Å²) in [5.74, 6) is -0.299. The van der Waals surface area contributed by atoms with Gasteiger partial charge in [0.25, 0.3) is 0 Å². The van der Waals surface area contributed by atoms with Gasteiger partial charge in [0.2, 0.25) is 5.95 Å². The van der Waals surface area contributed by atoms with E-state index in [1.54, 1.807) is 18.2 Å². The van der Waals surface area contributed by atoms with Gasteiger partial charge in [-0.1, -0.05) is 23.7 Å². The van der Waals surface area contributed by atoms with E-state index in [1.165, 1.54) is 17.8 Å². The van der Waals surface area contributed by atoms with Crippen molar-refractivity contribution in [3.8, 4) is 11.3 Å². The molecule has 2 aromatic rings. The molecule has 20 heavy (non-hydrogen) atoms.